The third-order valence-corrected chi connectivity index (χ3v) is 18.0. The van der Waals surface area contributed by atoms with Crippen LogP contribution < -0.4 is 26.2 Å². The van der Waals surface area contributed by atoms with Crippen LogP contribution in [0.5, 0.6) is 5.75 Å². The number of hydrogen-bond donors (Lipinski definition) is 6. The number of fused-ring (bicyclic) bond motifs is 5. The minimum Gasteiger partial charge on any atom is -0.505 e. The lowest BCUT2D eigenvalue weighted by atomic mass is 9.94. The molecule has 2 bridgehead atoms. The van der Waals surface area contributed by atoms with Gasteiger partial charge >= 0.3 is 11.9 Å². The van der Waals surface area contributed by atoms with Crippen LogP contribution in [-0.4, -0.2) is 206 Å². The molecule has 2 aromatic heterocycles. The first-order valence-corrected chi connectivity index (χ1v) is 33.8. The Hall–Kier alpha value is -10.6. The Morgan fingerprint density at radius 3 is 2.24 bits per heavy atom. The van der Waals surface area contributed by atoms with Gasteiger partial charge in [-0.25, -0.2) is 19.6 Å². The molecule has 3 saturated heterocycles. The number of aliphatic hydroxyl groups is 1. The standard InChI is InChI=1S/C45H54N8O10.C28H35N3O7/c1-6-31-42(59)52-22-11-14-32(52)43(60)51(5)34(24-27-16-18-29(19-17-27)50(3)4)44(61)53-23-20-30(54)25-33(53)39(56)49-37(28-12-8-7-9-13-28)45(62)63-26(2)36(40(57)47-31)48-41(58)38-35(55)15-10-21-46-38;1-17(2)26-19(4)9-10-24(34)29-11-5-7-18(3)13-20(32)14-21(33)15-25-30-22(16-37-25)27(35)31-12-6-8-23(31)28(36)38-26/h7-10,12-13,15-19,21,26,31-34,36-37,55H,6,11,14,20,22-25H2,1-5H3,(H,47,57)(H,48,58)(H,49,56);5,7-10,13,16-17,19-20,26,32H,6,11-12,14-15H2,1-4H3,(H,29,34)/b;7-5+,10-9+,18-13+/t26-,31+,32+,33+,34+,36-,37+;19-,20-,26-/m00/s1. The molecule has 3 fully saturated rings. The minimum absolute atomic E-state index is 0.0299. The summed E-state index contributed by atoms with van der Waals surface area (Å²) < 4.78 is 17.0. The van der Waals surface area contributed by atoms with Crippen LogP contribution in [0.4, 0.5) is 5.69 Å². The third-order valence-electron chi connectivity index (χ3n) is 18.0. The fourth-order valence-corrected chi connectivity index (χ4v) is 12.5. The molecule has 0 radical (unpaired) electrons. The molecule has 28 nitrogen and oxygen atoms in total. The maximum atomic E-state index is 15.0. The molecule has 9 rings (SSSR count). The molecule has 8 amide bonds. The van der Waals surface area contributed by atoms with E-state index in [1.165, 1.54) is 58.0 Å². The predicted molar refractivity (Wildman–Crippen MR) is 366 cm³/mol. The zero-order valence-corrected chi connectivity index (χ0v) is 58.2. The van der Waals surface area contributed by atoms with Crippen molar-refractivity contribution in [3.8, 4) is 5.75 Å². The summed E-state index contributed by atoms with van der Waals surface area (Å²) in [7, 11) is 5.25. The van der Waals surface area contributed by atoms with Crippen LogP contribution in [-0.2, 0) is 70.3 Å². The van der Waals surface area contributed by atoms with Crippen molar-refractivity contribution in [1.82, 2.24) is 50.8 Å². The van der Waals surface area contributed by atoms with Gasteiger partial charge in [-0.1, -0.05) is 106 Å². The smallest absolute Gasteiger partial charge is 0.355 e. The summed E-state index contributed by atoms with van der Waals surface area (Å²) in [6.07, 6.45) is 9.66. The van der Waals surface area contributed by atoms with Gasteiger partial charge in [0.15, 0.2) is 17.4 Å². The maximum Gasteiger partial charge on any atom is 0.355 e. The number of carbonyl (C=O) groups is 12. The lowest BCUT2D eigenvalue weighted by molar-refractivity contribution is -0.157. The van der Waals surface area contributed by atoms with E-state index in [4.69, 9.17) is 13.9 Å². The summed E-state index contributed by atoms with van der Waals surface area (Å²) in [5, 5.41) is 31.2. The van der Waals surface area contributed by atoms with Crippen LogP contribution in [0.1, 0.15) is 131 Å². The number of amides is 8. The highest BCUT2D eigenvalue weighted by molar-refractivity contribution is 6.02. The van der Waals surface area contributed by atoms with Crippen molar-refractivity contribution in [2.45, 2.75) is 154 Å². The Labute approximate surface area is 585 Å². The second-order valence-electron chi connectivity index (χ2n) is 26.1. The van der Waals surface area contributed by atoms with Crippen LogP contribution >= 0.6 is 0 Å². The van der Waals surface area contributed by atoms with E-state index in [1.54, 1.807) is 74.6 Å². The van der Waals surface area contributed by atoms with E-state index in [0.29, 0.717) is 18.4 Å². The number of rotatable bonds is 8. The number of nitrogens with zero attached hydrogens (tertiary/aromatic N) is 7. The lowest BCUT2D eigenvalue weighted by Crippen LogP contribution is -2.61. The number of esters is 2. The molecule has 5 aliphatic rings. The Bertz CT molecular complexity index is 3860. The highest BCUT2D eigenvalue weighted by Gasteiger charge is 2.46. The molecule has 6 N–H and O–H groups in total. The number of nitrogens with one attached hydrogen (secondary N) is 4. The number of likely N-dealkylation sites (N-methyl/N-ethyl adjacent to an activating group) is 1. The number of ketones is 2. The number of allylic oxidation sites excluding steroid dienone is 2. The van der Waals surface area contributed by atoms with E-state index in [2.05, 4.69) is 31.2 Å². The van der Waals surface area contributed by atoms with E-state index in [-0.39, 0.29) is 123 Å². The number of cyclic esters (lactones) is 2. The zero-order chi connectivity index (χ0) is 73.4. The second kappa shape index (κ2) is 34.9. The third kappa shape index (κ3) is 19.6. The van der Waals surface area contributed by atoms with Gasteiger partial charge in [0.2, 0.25) is 41.3 Å². The van der Waals surface area contributed by atoms with Gasteiger partial charge in [0.05, 0.1) is 12.5 Å². The van der Waals surface area contributed by atoms with Crippen molar-refractivity contribution in [3.05, 3.63) is 155 Å². The van der Waals surface area contributed by atoms with E-state index >= 15 is 0 Å². The first kappa shape index (κ1) is 76.1. The molecule has 101 heavy (non-hydrogen) atoms. The minimum atomic E-state index is -1.68. The second-order valence-corrected chi connectivity index (χ2v) is 26.1. The van der Waals surface area contributed by atoms with Crippen molar-refractivity contribution in [2.24, 2.45) is 11.8 Å². The molecular formula is C73H89N11O17. The van der Waals surface area contributed by atoms with Crippen LogP contribution in [0, 0.1) is 11.8 Å². The highest BCUT2D eigenvalue weighted by Crippen LogP contribution is 2.29. The van der Waals surface area contributed by atoms with Crippen LogP contribution in [0.15, 0.2) is 131 Å². The molecule has 538 valence electrons. The quantitative estimate of drug-likeness (QED) is 0.136. The maximum absolute atomic E-state index is 15.0. The molecule has 0 spiro atoms. The number of hydrogen-bond acceptors (Lipinski definition) is 20. The van der Waals surface area contributed by atoms with Crippen LogP contribution in [0.2, 0.25) is 0 Å². The number of carbonyl (C=O) groups excluding carboxylic acids is 12. The van der Waals surface area contributed by atoms with Gasteiger partial charge in [0, 0.05) is 90.8 Å². The van der Waals surface area contributed by atoms with Crippen molar-refractivity contribution >= 4 is 76.4 Å². The number of aromatic nitrogens is 2. The fraction of sp³-hybridized carbons (Fsp3) is 0.452. The van der Waals surface area contributed by atoms with Gasteiger partial charge < -0.3 is 69.9 Å². The number of oxazole rings is 1. The van der Waals surface area contributed by atoms with E-state index in [0.717, 1.165) is 17.5 Å². The number of benzene rings is 2. The number of pyridine rings is 1. The molecule has 10 atom stereocenters. The molecule has 0 aliphatic carbocycles. The Morgan fingerprint density at radius 2 is 1.54 bits per heavy atom. The van der Waals surface area contributed by atoms with Crippen molar-refractivity contribution in [2.75, 3.05) is 52.2 Å². The Balaban J connectivity index is 0.000000291. The molecule has 7 heterocycles. The molecule has 5 aliphatic heterocycles. The van der Waals surface area contributed by atoms with E-state index in [1.807, 2.05) is 64.0 Å². The fourth-order valence-electron chi connectivity index (χ4n) is 12.5. The molecular weight excluding hydrogens is 1300 g/mol. The Morgan fingerprint density at radius 1 is 0.822 bits per heavy atom. The summed E-state index contributed by atoms with van der Waals surface area (Å²) in [5.74, 6) is -8.40. The molecule has 0 unspecified atom stereocenters. The van der Waals surface area contributed by atoms with Crippen molar-refractivity contribution in [3.63, 3.8) is 0 Å². The Kier molecular flexibility index (Phi) is 26.3. The molecule has 28 heteroatoms. The van der Waals surface area contributed by atoms with E-state index in [9.17, 15) is 67.7 Å². The summed E-state index contributed by atoms with van der Waals surface area (Å²) in [6, 6.07) is 10.1. The molecule has 2 aromatic carbocycles. The van der Waals surface area contributed by atoms with Gasteiger partial charge in [-0.3, -0.25) is 47.9 Å². The highest BCUT2D eigenvalue weighted by atomic mass is 16.6. The molecule has 0 saturated carbocycles. The summed E-state index contributed by atoms with van der Waals surface area (Å²) >= 11 is 0. The number of ether oxygens (including phenoxy) is 2. The number of aliphatic hydroxyl groups excluding tert-OH is 1. The van der Waals surface area contributed by atoms with Gasteiger partial charge in [-0.2, -0.15) is 0 Å². The van der Waals surface area contributed by atoms with Gasteiger partial charge in [0.25, 0.3) is 11.8 Å². The number of Topliss-reactive ketones (excluding diaryl/α,β-unsaturated/α-hetero) is 2. The van der Waals surface area contributed by atoms with Crippen molar-refractivity contribution in [1.29, 1.82) is 0 Å². The van der Waals surface area contributed by atoms with Gasteiger partial charge in [-0.15, -0.1) is 0 Å². The lowest BCUT2D eigenvalue weighted by Gasteiger charge is -2.40. The normalized spacial score (nSPS) is 26.3. The number of aromatic hydroxyl groups is 1. The summed E-state index contributed by atoms with van der Waals surface area (Å²) in [5.41, 5.74) is 2.26. The monoisotopic (exact) mass is 1390 g/mol. The number of anilines is 1. The van der Waals surface area contributed by atoms with Gasteiger partial charge in [-0.05, 0) is 86.9 Å². The first-order chi connectivity index (χ1) is 48.1. The largest absolute Gasteiger partial charge is 0.505 e. The molecule has 4 aromatic rings. The zero-order valence-electron chi connectivity index (χ0n) is 58.2. The average molecular weight is 1390 g/mol. The van der Waals surface area contributed by atoms with Crippen LogP contribution in [0.25, 0.3) is 0 Å². The van der Waals surface area contributed by atoms with E-state index < -0.39 is 119 Å². The summed E-state index contributed by atoms with van der Waals surface area (Å²) in [4.78, 5) is 180. The first-order valence-electron chi connectivity index (χ1n) is 33.8. The number of piperidine rings is 1. The predicted octanol–water partition coefficient (Wildman–Crippen LogP) is 3.93. The van der Waals surface area contributed by atoms with Gasteiger partial charge in [0.1, 0.15) is 71.7 Å². The SMILES string of the molecule is CC1=C\[C@H](O)CC(=O)Cc2nc(co2)C(=O)N2CCC=C2C(=O)O[C@@H](C(C)C)[C@@H](C)/C=C/C(=O)NC\C=C\1.CC[C@H]1NC(=O)[C@@H](NC(=O)c2ncccc2O)[C@H](C)OC(=O)[C@@H](c2ccccc2)NC(=O)[C@H]2CC(=O)CCN2C(=O)[C@@H](Cc2ccc(N(C)C)cc2)N(C)C(=O)[C@H]2CCCN2C1=O. The van der Waals surface area contributed by atoms with Crippen LogP contribution in [0.3, 0.4) is 0 Å². The average Bonchev–Trinajstić information content (AvgIpc) is 1.79. The summed E-state index contributed by atoms with van der Waals surface area (Å²) in [6.45, 7) is 11.0. The van der Waals surface area contributed by atoms with Crippen molar-refractivity contribution < 1.29 is 81.6 Å². The topological polar surface area (TPSA) is 367 Å².